The molecule has 2 atom stereocenters. The molecule has 2 fully saturated rings. The van der Waals surface area contributed by atoms with Crippen molar-refractivity contribution in [1.82, 2.24) is 4.90 Å². The van der Waals surface area contributed by atoms with Crippen LogP contribution in [-0.4, -0.2) is 68.6 Å². The molecule has 0 aromatic heterocycles. The fourth-order valence-electron chi connectivity index (χ4n) is 3.26. The summed E-state index contributed by atoms with van der Waals surface area (Å²) in [5.41, 5.74) is 0.318. The van der Waals surface area contributed by atoms with E-state index in [0.29, 0.717) is 5.69 Å². The molecule has 1 aromatic carbocycles. The van der Waals surface area contributed by atoms with Crippen LogP contribution in [0.25, 0.3) is 0 Å². The van der Waals surface area contributed by atoms with Gasteiger partial charge in [-0.2, -0.15) is 0 Å². The Morgan fingerprint density at radius 1 is 1.30 bits per heavy atom. The number of carboxylic acids is 1. The number of primary sulfonamides is 1. The van der Waals surface area contributed by atoms with Gasteiger partial charge in [-0.3, -0.25) is 9.59 Å². The third-order valence-corrected chi connectivity index (χ3v) is 5.54. The van der Waals surface area contributed by atoms with Gasteiger partial charge in [-0.15, -0.1) is 0 Å². The highest BCUT2D eigenvalue weighted by Crippen LogP contribution is 2.28. The lowest BCUT2D eigenvalue weighted by molar-refractivity contribution is -0.160. The van der Waals surface area contributed by atoms with E-state index < -0.39 is 33.9 Å². The van der Waals surface area contributed by atoms with Gasteiger partial charge >= 0.3 is 5.97 Å². The number of carboxylic acid groups (broad SMARTS) is 1. The van der Waals surface area contributed by atoms with Gasteiger partial charge in [0.15, 0.2) is 6.04 Å². The summed E-state index contributed by atoms with van der Waals surface area (Å²) >= 11 is 0. The Bertz CT molecular complexity index is 886. The van der Waals surface area contributed by atoms with E-state index in [1.165, 1.54) is 28.0 Å². The summed E-state index contributed by atoms with van der Waals surface area (Å²) in [5, 5.41) is 14.4. The molecule has 2 heterocycles. The number of anilines is 1. The first-order chi connectivity index (χ1) is 12.7. The minimum atomic E-state index is -3.93. The summed E-state index contributed by atoms with van der Waals surface area (Å²) in [7, 11) is -3.93. The van der Waals surface area contributed by atoms with Crippen molar-refractivity contribution in [2.45, 2.75) is 17.4 Å². The standard InChI is InChI=1S/C16H19N3O7S/c17-27(24,25)12-3-1-2-11(7-12)19-8-10(6-14(19)20)15(21)18-4-5-26-9-13(18)16(22)23/h1-3,7,10,13H,4-6,8-9H2,(H,22,23)(H2,17,24,25). The van der Waals surface area contributed by atoms with Gasteiger partial charge in [-0.05, 0) is 18.2 Å². The Labute approximate surface area is 155 Å². The zero-order chi connectivity index (χ0) is 19.8. The fourth-order valence-corrected chi connectivity index (χ4v) is 3.81. The van der Waals surface area contributed by atoms with E-state index in [0.717, 1.165) is 0 Å². The highest BCUT2D eigenvalue weighted by molar-refractivity contribution is 7.89. The summed E-state index contributed by atoms with van der Waals surface area (Å²) in [6.07, 6.45) is -0.0812. The molecule has 1 aromatic rings. The van der Waals surface area contributed by atoms with Crippen LogP contribution < -0.4 is 10.0 Å². The van der Waals surface area contributed by atoms with Crippen molar-refractivity contribution in [3.63, 3.8) is 0 Å². The molecule has 2 aliphatic heterocycles. The smallest absolute Gasteiger partial charge is 0.328 e. The molecule has 0 bridgehead atoms. The Hall–Kier alpha value is -2.50. The predicted octanol–water partition coefficient (Wildman–Crippen LogP) is -1.00. The molecule has 2 aliphatic rings. The molecule has 0 saturated carbocycles. The van der Waals surface area contributed by atoms with Crippen molar-refractivity contribution >= 4 is 33.5 Å². The number of hydrogen-bond acceptors (Lipinski definition) is 6. The van der Waals surface area contributed by atoms with Gasteiger partial charge in [0, 0.05) is 25.2 Å². The minimum Gasteiger partial charge on any atom is -0.480 e. The molecule has 10 nitrogen and oxygen atoms in total. The maximum atomic E-state index is 12.8. The number of carbonyl (C=O) groups excluding carboxylic acids is 2. The maximum absolute atomic E-state index is 12.8. The third kappa shape index (κ3) is 3.94. The Morgan fingerprint density at radius 2 is 2.04 bits per heavy atom. The van der Waals surface area contributed by atoms with Gasteiger partial charge in [-0.25, -0.2) is 18.4 Å². The summed E-state index contributed by atoms with van der Waals surface area (Å²) in [5.74, 6) is -2.65. The number of nitrogens with two attached hydrogens (primary N) is 1. The quantitative estimate of drug-likeness (QED) is 0.662. The predicted molar refractivity (Wildman–Crippen MR) is 92.2 cm³/mol. The van der Waals surface area contributed by atoms with E-state index in [9.17, 15) is 27.9 Å². The largest absolute Gasteiger partial charge is 0.480 e. The van der Waals surface area contributed by atoms with Crippen LogP contribution in [0.5, 0.6) is 0 Å². The van der Waals surface area contributed by atoms with Gasteiger partial charge in [0.05, 0.1) is 24.0 Å². The minimum absolute atomic E-state index is 0.0371. The third-order valence-electron chi connectivity index (χ3n) is 4.63. The molecular formula is C16H19N3O7S. The van der Waals surface area contributed by atoms with Crippen LogP contribution in [0.4, 0.5) is 5.69 Å². The lowest BCUT2D eigenvalue weighted by atomic mass is 10.1. The number of hydrogen-bond donors (Lipinski definition) is 2. The number of ether oxygens (including phenoxy) is 1. The second-order valence-corrected chi connectivity index (χ2v) is 7.97. The Balaban J connectivity index is 1.79. The van der Waals surface area contributed by atoms with Gasteiger partial charge in [-0.1, -0.05) is 6.07 Å². The van der Waals surface area contributed by atoms with Crippen LogP contribution in [-0.2, 0) is 29.1 Å². The van der Waals surface area contributed by atoms with Crippen molar-refractivity contribution in [2.75, 3.05) is 31.2 Å². The van der Waals surface area contributed by atoms with E-state index >= 15 is 0 Å². The molecule has 3 rings (SSSR count). The first-order valence-corrected chi connectivity index (χ1v) is 9.77. The van der Waals surface area contributed by atoms with Crippen molar-refractivity contribution in [3.05, 3.63) is 24.3 Å². The number of aliphatic carboxylic acids is 1. The summed E-state index contributed by atoms with van der Waals surface area (Å²) in [6.45, 7) is 0.314. The molecule has 11 heteroatoms. The number of nitrogens with zero attached hydrogens (tertiary/aromatic N) is 2. The van der Waals surface area contributed by atoms with Gasteiger partial charge in [0.2, 0.25) is 21.8 Å². The molecular weight excluding hydrogens is 378 g/mol. The topological polar surface area (TPSA) is 147 Å². The number of benzene rings is 1. The zero-order valence-electron chi connectivity index (χ0n) is 14.3. The maximum Gasteiger partial charge on any atom is 0.328 e. The van der Waals surface area contributed by atoms with Gasteiger partial charge < -0.3 is 19.6 Å². The molecule has 27 heavy (non-hydrogen) atoms. The van der Waals surface area contributed by atoms with E-state index in [1.807, 2.05) is 0 Å². The van der Waals surface area contributed by atoms with Crippen molar-refractivity contribution in [1.29, 1.82) is 0 Å². The Kier molecular flexibility index (Phi) is 5.18. The van der Waals surface area contributed by atoms with Crippen molar-refractivity contribution in [3.8, 4) is 0 Å². The lowest BCUT2D eigenvalue weighted by Crippen LogP contribution is -2.54. The number of amides is 2. The van der Waals surface area contributed by atoms with Gasteiger partial charge in [0.25, 0.3) is 0 Å². The van der Waals surface area contributed by atoms with Crippen molar-refractivity contribution < 1.29 is 32.6 Å². The molecule has 0 spiro atoms. The van der Waals surface area contributed by atoms with Crippen LogP contribution in [0.1, 0.15) is 6.42 Å². The van der Waals surface area contributed by atoms with E-state index in [-0.39, 0.29) is 43.5 Å². The zero-order valence-corrected chi connectivity index (χ0v) is 15.1. The number of carbonyl (C=O) groups is 3. The van der Waals surface area contributed by atoms with E-state index in [2.05, 4.69) is 0 Å². The lowest BCUT2D eigenvalue weighted by Gasteiger charge is -2.34. The molecule has 3 N–H and O–H groups in total. The van der Waals surface area contributed by atoms with Crippen LogP contribution in [0.15, 0.2) is 29.2 Å². The normalized spacial score (nSPS) is 23.5. The van der Waals surface area contributed by atoms with Gasteiger partial charge in [0.1, 0.15) is 0 Å². The summed E-state index contributed by atoms with van der Waals surface area (Å²) < 4.78 is 28.1. The molecule has 2 unspecified atom stereocenters. The first-order valence-electron chi connectivity index (χ1n) is 8.22. The monoisotopic (exact) mass is 397 g/mol. The van der Waals surface area contributed by atoms with E-state index in [4.69, 9.17) is 9.88 Å². The van der Waals surface area contributed by atoms with E-state index in [1.54, 1.807) is 6.07 Å². The second kappa shape index (κ2) is 7.25. The molecule has 2 amide bonds. The highest BCUT2D eigenvalue weighted by atomic mass is 32.2. The van der Waals surface area contributed by atoms with Crippen LogP contribution in [0, 0.1) is 5.92 Å². The molecule has 0 radical (unpaired) electrons. The molecule has 146 valence electrons. The average Bonchev–Trinajstić information content (AvgIpc) is 3.02. The van der Waals surface area contributed by atoms with Crippen LogP contribution in [0.3, 0.4) is 0 Å². The number of sulfonamides is 1. The fraction of sp³-hybridized carbons (Fsp3) is 0.438. The number of morpholine rings is 1. The first kappa shape index (κ1) is 19.3. The Morgan fingerprint density at radius 3 is 2.70 bits per heavy atom. The average molecular weight is 397 g/mol. The molecule has 0 aliphatic carbocycles. The molecule has 2 saturated heterocycles. The van der Waals surface area contributed by atoms with Crippen molar-refractivity contribution in [2.24, 2.45) is 11.1 Å². The van der Waals surface area contributed by atoms with Crippen LogP contribution >= 0.6 is 0 Å². The number of rotatable bonds is 4. The SMILES string of the molecule is NS(=O)(=O)c1cccc(N2CC(C(=O)N3CCOCC3C(=O)O)CC2=O)c1. The summed E-state index contributed by atoms with van der Waals surface area (Å²) in [6, 6.07) is 4.51. The second-order valence-electron chi connectivity index (χ2n) is 6.41. The highest BCUT2D eigenvalue weighted by Gasteiger charge is 2.41. The van der Waals surface area contributed by atoms with Crippen LogP contribution in [0.2, 0.25) is 0 Å². The summed E-state index contributed by atoms with van der Waals surface area (Å²) in [4.78, 5) is 38.9.